The molecule has 158 valence electrons. The van der Waals surface area contributed by atoms with Crippen LogP contribution < -0.4 is 28.3 Å². The normalized spacial score (nSPS) is 17.5. The molecule has 1 aliphatic rings. The van der Waals surface area contributed by atoms with Gasteiger partial charge in [0.05, 0.1) is 12.8 Å². The van der Waals surface area contributed by atoms with Gasteiger partial charge in [0.1, 0.15) is 29.3 Å². The van der Waals surface area contributed by atoms with Gasteiger partial charge in [-0.1, -0.05) is 54.6 Å². The molecule has 3 aromatic carbocycles. The molecule has 0 spiro atoms. The number of nitrogens with zero attached hydrogens (tertiary/aromatic N) is 2. The lowest BCUT2D eigenvalue weighted by Crippen LogP contribution is -3.00. The minimum absolute atomic E-state index is 0. The van der Waals surface area contributed by atoms with Crippen molar-refractivity contribution in [1.29, 1.82) is 0 Å². The fourth-order valence-electron chi connectivity index (χ4n) is 4.05. The van der Waals surface area contributed by atoms with Gasteiger partial charge in [0, 0.05) is 6.21 Å². The molecule has 1 unspecified atom stereocenters. The van der Waals surface area contributed by atoms with E-state index >= 15 is 0 Å². The summed E-state index contributed by atoms with van der Waals surface area (Å²) in [6, 6.07) is 31.2. The second kappa shape index (κ2) is 9.55. The summed E-state index contributed by atoms with van der Waals surface area (Å²) in [5, 5.41) is 3.54. The zero-order valence-electron chi connectivity index (χ0n) is 17.5. The molecule has 4 rings (SSSR count). The summed E-state index contributed by atoms with van der Waals surface area (Å²) in [5.74, 6) is -0.428. The molecule has 0 aromatic heterocycles. The van der Waals surface area contributed by atoms with Crippen molar-refractivity contribution in [2.45, 2.75) is 12.6 Å². The Morgan fingerprint density at radius 2 is 1.26 bits per heavy atom. The van der Waals surface area contributed by atoms with Crippen LogP contribution in [0.4, 0.5) is 0 Å². The minimum atomic E-state index is -2.28. The van der Waals surface area contributed by atoms with Crippen LogP contribution in [0.1, 0.15) is 6.92 Å². The molecule has 0 fully saturated rings. The summed E-state index contributed by atoms with van der Waals surface area (Å²) in [4.78, 5) is 22.3. The predicted octanol–water partition coefficient (Wildman–Crippen LogP) is 0.399. The number of rotatable bonds is 6. The zero-order valence-corrected chi connectivity index (χ0v) is 19.1. The molecule has 0 bridgehead atoms. The summed E-state index contributed by atoms with van der Waals surface area (Å²) in [6.07, 6.45) is 2.10. The molecule has 0 saturated carbocycles. The summed E-state index contributed by atoms with van der Waals surface area (Å²) in [6.45, 7) is 1.86. The Labute approximate surface area is 189 Å². The molecule has 1 aliphatic heterocycles. The number of carbonyl (C=O) groups excluding carboxylic acids is 1. The van der Waals surface area contributed by atoms with Gasteiger partial charge in [-0.05, 0) is 43.3 Å². The van der Waals surface area contributed by atoms with E-state index < -0.39 is 18.9 Å². The first-order valence-electron chi connectivity index (χ1n) is 9.86. The van der Waals surface area contributed by atoms with Crippen molar-refractivity contribution in [3.05, 3.63) is 91.0 Å². The van der Waals surface area contributed by atoms with Gasteiger partial charge in [-0.3, -0.25) is 0 Å². The van der Waals surface area contributed by atoms with Crippen LogP contribution in [-0.2, 0) is 9.53 Å². The quantitative estimate of drug-likeness (QED) is 0.403. The minimum Gasteiger partial charge on any atom is -1.00 e. The first-order chi connectivity index (χ1) is 14.6. The number of aliphatic imine (C=N–C) groups is 2. The number of esters is 1. The first kappa shape index (κ1) is 22.9. The second-order valence-corrected chi connectivity index (χ2v) is 10.8. The second-order valence-electron chi connectivity index (χ2n) is 7.29. The third-order valence-electron chi connectivity index (χ3n) is 5.39. The molecule has 1 atom stereocenters. The topological polar surface area (TPSA) is 51.0 Å². The lowest BCUT2D eigenvalue weighted by Gasteiger charge is -2.32. The lowest BCUT2D eigenvalue weighted by molar-refractivity contribution is -0.145. The van der Waals surface area contributed by atoms with E-state index in [1.165, 1.54) is 23.0 Å². The van der Waals surface area contributed by atoms with Gasteiger partial charge in [0.2, 0.25) is 0 Å². The van der Waals surface area contributed by atoms with Crippen molar-refractivity contribution in [1.82, 2.24) is 0 Å². The number of benzene rings is 3. The lowest BCUT2D eigenvalue weighted by atomic mass is 10.2. The Hall–Kier alpha value is -2.81. The number of halogens is 1. The molecule has 4 nitrogen and oxygen atoms in total. The zero-order chi connectivity index (χ0) is 21.0. The van der Waals surface area contributed by atoms with Crippen LogP contribution in [0.5, 0.6) is 0 Å². The molecule has 0 N–H and O–H groups in total. The fourth-order valence-corrected chi connectivity index (χ4v) is 8.48. The Morgan fingerprint density at radius 3 is 1.58 bits per heavy atom. The molecule has 0 amide bonds. The highest BCUT2D eigenvalue weighted by Gasteiger charge is 2.57. The average molecular weight is 451 g/mol. The largest absolute Gasteiger partial charge is 1.00 e. The van der Waals surface area contributed by atoms with Crippen molar-refractivity contribution in [3.8, 4) is 0 Å². The molecule has 1 heterocycles. The molecule has 0 radical (unpaired) electrons. The van der Waals surface area contributed by atoms with Gasteiger partial charge in [-0.15, -0.1) is 0 Å². The van der Waals surface area contributed by atoms with E-state index in [4.69, 9.17) is 9.73 Å². The standard InChI is InChI=1S/C25H24N2O2P.ClH/c1-20-18-26-25(27-20,24(28)29-2)19-30(21-12-6-3-7-13-21,22-14-8-4-9-15-22)23-16-10-5-11-17-23;/h3-18H,19H2,1-2H3;1H/q+1;/p-1. The van der Waals surface area contributed by atoms with E-state index in [2.05, 4.69) is 41.4 Å². The van der Waals surface area contributed by atoms with Crippen molar-refractivity contribution >= 4 is 41.1 Å². The number of ether oxygens (including phenoxy) is 1. The average Bonchev–Trinajstić information content (AvgIpc) is 3.20. The Kier molecular flexibility index (Phi) is 7.04. The van der Waals surface area contributed by atoms with E-state index in [1.54, 1.807) is 6.21 Å². The molecular formula is C25H24ClN2O2P. The SMILES string of the molecule is COC(=O)C1(C[P+](c2ccccc2)(c2ccccc2)c2ccccc2)N=CC(C)=N1.[Cl-]. The molecule has 31 heavy (non-hydrogen) atoms. The summed E-state index contributed by atoms with van der Waals surface area (Å²) >= 11 is 0. The van der Waals surface area contributed by atoms with Gasteiger partial charge >= 0.3 is 5.97 Å². The highest BCUT2D eigenvalue weighted by molar-refractivity contribution is 7.95. The molecule has 3 aromatic rings. The Bertz CT molecular complexity index is 992. The van der Waals surface area contributed by atoms with Crippen molar-refractivity contribution in [3.63, 3.8) is 0 Å². The van der Waals surface area contributed by atoms with Crippen LogP contribution in [-0.4, -0.2) is 36.8 Å². The third-order valence-corrected chi connectivity index (χ3v) is 9.84. The van der Waals surface area contributed by atoms with Gasteiger partial charge in [-0.2, -0.15) is 0 Å². The predicted molar refractivity (Wildman–Crippen MR) is 126 cm³/mol. The van der Waals surface area contributed by atoms with Crippen molar-refractivity contribution < 1.29 is 21.9 Å². The van der Waals surface area contributed by atoms with Crippen LogP contribution in [0.25, 0.3) is 0 Å². The highest BCUT2D eigenvalue weighted by atomic mass is 35.5. The highest BCUT2D eigenvalue weighted by Crippen LogP contribution is 2.58. The Morgan fingerprint density at radius 1 is 0.839 bits per heavy atom. The van der Waals surface area contributed by atoms with Crippen LogP contribution in [0.15, 0.2) is 101 Å². The number of carbonyl (C=O) groups is 1. The maximum Gasteiger partial charge on any atom is 0.360 e. The Balaban J connectivity index is 0.00000272. The summed E-state index contributed by atoms with van der Waals surface area (Å²) < 4.78 is 5.20. The van der Waals surface area contributed by atoms with E-state index in [0.29, 0.717) is 6.16 Å². The van der Waals surface area contributed by atoms with Crippen LogP contribution in [0.3, 0.4) is 0 Å². The number of hydrogen-bond donors (Lipinski definition) is 0. The molecule has 0 aliphatic carbocycles. The fraction of sp³-hybridized carbons (Fsp3) is 0.160. The summed E-state index contributed by atoms with van der Waals surface area (Å²) in [7, 11) is -0.884. The van der Waals surface area contributed by atoms with Gasteiger partial charge in [-0.25, -0.2) is 14.8 Å². The maximum atomic E-state index is 13.0. The van der Waals surface area contributed by atoms with E-state index in [1.807, 2.05) is 61.5 Å². The molecular weight excluding hydrogens is 427 g/mol. The van der Waals surface area contributed by atoms with Crippen LogP contribution >= 0.6 is 7.26 Å². The van der Waals surface area contributed by atoms with Gasteiger partial charge in [0.25, 0.3) is 5.66 Å². The molecule has 6 heteroatoms. The van der Waals surface area contributed by atoms with Crippen LogP contribution in [0, 0.1) is 0 Å². The van der Waals surface area contributed by atoms with Crippen LogP contribution in [0.2, 0.25) is 0 Å². The summed E-state index contributed by atoms with van der Waals surface area (Å²) in [5.41, 5.74) is -0.554. The van der Waals surface area contributed by atoms with E-state index in [9.17, 15) is 4.79 Å². The first-order valence-corrected chi connectivity index (χ1v) is 11.8. The number of hydrogen-bond acceptors (Lipinski definition) is 4. The van der Waals surface area contributed by atoms with Gasteiger partial charge < -0.3 is 17.1 Å². The smallest absolute Gasteiger partial charge is 0.360 e. The van der Waals surface area contributed by atoms with Crippen molar-refractivity contribution in [2.24, 2.45) is 9.98 Å². The monoisotopic (exact) mass is 450 g/mol. The van der Waals surface area contributed by atoms with E-state index in [0.717, 1.165) is 5.71 Å². The molecule has 0 saturated heterocycles. The third kappa shape index (κ3) is 4.19. The van der Waals surface area contributed by atoms with E-state index in [-0.39, 0.29) is 12.4 Å². The maximum absolute atomic E-state index is 13.0. The van der Waals surface area contributed by atoms with Crippen molar-refractivity contribution in [2.75, 3.05) is 13.3 Å². The van der Waals surface area contributed by atoms with Gasteiger partial charge in [0.15, 0.2) is 0 Å². The number of methoxy groups -OCH3 is 1.